The molecule has 1 aromatic carbocycles. The molecule has 1 aliphatic heterocycles. The minimum absolute atomic E-state index is 0.184. The summed E-state index contributed by atoms with van der Waals surface area (Å²) in [6.45, 7) is 14.6. The van der Waals surface area contributed by atoms with Crippen LogP contribution in [0, 0.1) is 5.92 Å². The van der Waals surface area contributed by atoms with Crippen LogP contribution >= 0.6 is 11.6 Å². The van der Waals surface area contributed by atoms with Gasteiger partial charge in [0.05, 0.1) is 6.61 Å². The molecule has 1 aliphatic rings. The van der Waals surface area contributed by atoms with Gasteiger partial charge in [-0.15, -0.1) is 0 Å². The van der Waals surface area contributed by atoms with Crippen molar-refractivity contribution in [3.05, 3.63) is 52.6 Å². The Morgan fingerprint density at radius 1 is 1.28 bits per heavy atom. The fourth-order valence-corrected chi connectivity index (χ4v) is 4.50. The minimum Gasteiger partial charge on any atom is -0.450 e. The van der Waals surface area contributed by atoms with Gasteiger partial charge in [-0.05, 0) is 86.6 Å². The van der Waals surface area contributed by atoms with E-state index in [1.165, 1.54) is 16.7 Å². The van der Waals surface area contributed by atoms with E-state index in [1.807, 2.05) is 17.9 Å². The van der Waals surface area contributed by atoms with Crippen molar-refractivity contribution in [2.75, 3.05) is 19.7 Å². The topological polar surface area (TPSA) is 29.5 Å². The summed E-state index contributed by atoms with van der Waals surface area (Å²) in [4.78, 5) is 14.0. The Kier molecular flexibility index (Phi) is 9.29. The van der Waals surface area contributed by atoms with E-state index >= 15 is 0 Å². The maximum atomic E-state index is 12.1. The van der Waals surface area contributed by atoms with Gasteiger partial charge in [-0.3, -0.25) is 0 Å². The Labute approximate surface area is 181 Å². The zero-order chi connectivity index (χ0) is 21.4. The quantitative estimate of drug-likeness (QED) is 0.410. The first-order chi connectivity index (χ1) is 13.9. The zero-order valence-electron chi connectivity index (χ0n) is 18.5. The van der Waals surface area contributed by atoms with Gasteiger partial charge in [-0.25, -0.2) is 4.79 Å². The highest BCUT2D eigenvalue weighted by molar-refractivity contribution is 6.30. The molecule has 1 atom stereocenters. The van der Waals surface area contributed by atoms with Gasteiger partial charge in [0.2, 0.25) is 0 Å². The molecule has 1 heterocycles. The molecule has 1 unspecified atom stereocenters. The maximum Gasteiger partial charge on any atom is 0.409 e. The monoisotopic (exact) mass is 417 g/mol. The van der Waals surface area contributed by atoms with Crippen molar-refractivity contribution in [2.24, 2.45) is 5.92 Å². The minimum atomic E-state index is -0.184. The molecule has 0 spiro atoms. The molecule has 2 rings (SSSR count). The third-order valence-electron chi connectivity index (χ3n) is 6.20. The van der Waals surface area contributed by atoms with Crippen LogP contribution in [0.2, 0.25) is 5.02 Å². The van der Waals surface area contributed by atoms with Crippen LogP contribution in [0.4, 0.5) is 4.79 Å². The second kappa shape index (κ2) is 11.4. The van der Waals surface area contributed by atoms with Crippen LogP contribution in [-0.2, 0) is 4.74 Å². The van der Waals surface area contributed by atoms with E-state index in [0.29, 0.717) is 18.4 Å². The van der Waals surface area contributed by atoms with Crippen LogP contribution in [0.25, 0.3) is 5.57 Å². The summed E-state index contributed by atoms with van der Waals surface area (Å²) in [6, 6.07) is 6.28. The summed E-state index contributed by atoms with van der Waals surface area (Å²) in [6.07, 6.45) is 7.07. The Morgan fingerprint density at radius 2 is 1.97 bits per heavy atom. The van der Waals surface area contributed by atoms with Gasteiger partial charge in [-0.2, -0.15) is 0 Å². The standard InChI is InChI=1S/C25H36ClNO2/c1-6-18(5)23-17-21(26)10-11-22(23)24(16-19(7-2)8-3)20-12-14-27(15-13-20)25(28)29-9-4/h7,10-11,17,20,24H,5-6,8-9,12-16H2,1-4H3/b19-7-. The predicted molar refractivity (Wildman–Crippen MR) is 124 cm³/mol. The Hall–Kier alpha value is -1.74. The first-order valence-corrected chi connectivity index (χ1v) is 11.4. The molecule has 0 aromatic heterocycles. The number of amides is 1. The molecule has 0 saturated carbocycles. The van der Waals surface area contributed by atoms with Gasteiger partial charge in [0.25, 0.3) is 0 Å². The van der Waals surface area contributed by atoms with Gasteiger partial charge in [0, 0.05) is 18.1 Å². The van der Waals surface area contributed by atoms with E-state index in [0.717, 1.165) is 55.8 Å². The maximum absolute atomic E-state index is 12.1. The Balaban J connectivity index is 2.32. The number of halogens is 1. The van der Waals surface area contributed by atoms with Crippen molar-refractivity contribution in [2.45, 2.75) is 65.7 Å². The van der Waals surface area contributed by atoms with Crippen molar-refractivity contribution in [1.29, 1.82) is 0 Å². The van der Waals surface area contributed by atoms with E-state index in [-0.39, 0.29) is 6.09 Å². The van der Waals surface area contributed by atoms with E-state index in [1.54, 1.807) is 0 Å². The van der Waals surface area contributed by atoms with Gasteiger partial charge in [-0.1, -0.05) is 49.7 Å². The van der Waals surface area contributed by atoms with Crippen molar-refractivity contribution < 1.29 is 9.53 Å². The number of ether oxygens (including phenoxy) is 1. The molecule has 0 bridgehead atoms. The number of benzene rings is 1. The summed E-state index contributed by atoms with van der Waals surface area (Å²) < 4.78 is 5.19. The van der Waals surface area contributed by atoms with Gasteiger partial charge in [0.15, 0.2) is 0 Å². The molecular formula is C25H36ClNO2. The van der Waals surface area contributed by atoms with Crippen LogP contribution in [0.15, 0.2) is 36.4 Å². The highest BCUT2D eigenvalue weighted by atomic mass is 35.5. The summed E-state index contributed by atoms with van der Waals surface area (Å²) in [5.74, 6) is 0.924. The normalized spacial score (nSPS) is 16.6. The number of piperidine rings is 1. The van der Waals surface area contributed by atoms with Crippen LogP contribution in [0.1, 0.15) is 76.8 Å². The Morgan fingerprint density at radius 3 is 2.52 bits per heavy atom. The summed E-state index contributed by atoms with van der Waals surface area (Å²) in [5.41, 5.74) is 5.16. The fourth-order valence-electron chi connectivity index (χ4n) is 4.33. The highest BCUT2D eigenvalue weighted by Crippen LogP contribution is 2.41. The lowest BCUT2D eigenvalue weighted by atomic mass is 9.74. The number of likely N-dealkylation sites (tertiary alicyclic amines) is 1. The third-order valence-corrected chi connectivity index (χ3v) is 6.44. The fraction of sp³-hybridized carbons (Fsp3) is 0.560. The van der Waals surface area contributed by atoms with Gasteiger partial charge >= 0.3 is 6.09 Å². The first kappa shape index (κ1) is 23.5. The lowest BCUT2D eigenvalue weighted by Gasteiger charge is -2.37. The van der Waals surface area contributed by atoms with Crippen LogP contribution in [0.3, 0.4) is 0 Å². The molecule has 0 radical (unpaired) electrons. The lowest BCUT2D eigenvalue weighted by molar-refractivity contribution is 0.0886. The molecule has 0 aliphatic carbocycles. The first-order valence-electron chi connectivity index (χ1n) is 11.0. The molecule has 1 saturated heterocycles. The number of carbonyl (C=O) groups is 1. The van der Waals surface area contributed by atoms with Crippen molar-refractivity contribution in [1.82, 2.24) is 4.90 Å². The van der Waals surface area contributed by atoms with Gasteiger partial charge < -0.3 is 9.64 Å². The molecule has 4 heteroatoms. The number of hydrogen-bond acceptors (Lipinski definition) is 2. The number of hydrogen-bond donors (Lipinski definition) is 0. The van der Waals surface area contributed by atoms with Crippen molar-refractivity contribution in [3.63, 3.8) is 0 Å². The van der Waals surface area contributed by atoms with Crippen molar-refractivity contribution >= 4 is 23.3 Å². The lowest BCUT2D eigenvalue weighted by Crippen LogP contribution is -2.40. The zero-order valence-corrected chi connectivity index (χ0v) is 19.2. The molecule has 29 heavy (non-hydrogen) atoms. The Bertz CT molecular complexity index is 732. The summed E-state index contributed by atoms with van der Waals surface area (Å²) >= 11 is 6.34. The molecule has 0 N–H and O–H groups in total. The van der Waals surface area contributed by atoms with Crippen molar-refractivity contribution in [3.8, 4) is 0 Å². The number of rotatable bonds is 8. The molecule has 1 amide bonds. The molecule has 1 aromatic rings. The number of carbonyl (C=O) groups excluding carboxylic acids is 1. The highest BCUT2D eigenvalue weighted by Gasteiger charge is 2.31. The largest absolute Gasteiger partial charge is 0.450 e. The average molecular weight is 418 g/mol. The number of allylic oxidation sites excluding steroid dienone is 3. The molecular weight excluding hydrogens is 382 g/mol. The SMILES string of the molecule is C=C(CC)c1cc(Cl)ccc1C(C/C(=C\C)CC)C1CCN(C(=O)OCC)CC1. The van der Waals surface area contributed by atoms with Gasteiger partial charge in [0.1, 0.15) is 0 Å². The molecule has 1 fully saturated rings. The summed E-state index contributed by atoms with van der Waals surface area (Å²) in [7, 11) is 0. The smallest absolute Gasteiger partial charge is 0.409 e. The van der Waals surface area contributed by atoms with E-state index in [9.17, 15) is 4.79 Å². The van der Waals surface area contributed by atoms with E-state index in [2.05, 4.69) is 45.6 Å². The van der Waals surface area contributed by atoms with E-state index < -0.39 is 0 Å². The number of nitrogens with zero attached hydrogens (tertiary/aromatic N) is 1. The van der Waals surface area contributed by atoms with Crippen LogP contribution in [0.5, 0.6) is 0 Å². The predicted octanol–water partition coefficient (Wildman–Crippen LogP) is 7.46. The third kappa shape index (κ3) is 6.12. The molecule has 160 valence electrons. The van der Waals surface area contributed by atoms with Crippen LogP contribution < -0.4 is 0 Å². The second-order valence-electron chi connectivity index (χ2n) is 7.82. The van der Waals surface area contributed by atoms with Crippen LogP contribution in [-0.4, -0.2) is 30.7 Å². The average Bonchev–Trinajstić information content (AvgIpc) is 2.75. The second-order valence-corrected chi connectivity index (χ2v) is 8.26. The molecule has 3 nitrogen and oxygen atoms in total. The van der Waals surface area contributed by atoms with E-state index in [4.69, 9.17) is 16.3 Å². The summed E-state index contributed by atoms with van der Waals surface area (Å²) in [5, 5.41) is 0.760.